The summed E-state index contributed by atoms with van der Waals surface area (Å²) in [6.07, 6.45) is 0.685. The van der Waals surface area contributed by atoms with Gasteiger partial charge in [-0.1, -0.05) is 24.3 Å². The summed E-state index contributed by atoms with van der Waals surface area (Å²) in [7, 11) is -0.929. The highest BCUT2D eigenvalue weighted by Gasteiger charge is 2.26. The molecule has 0 amide bonds. The highest BCUT2D eigenvalue weighted by molar-refractivity contribution is 7.90. The summed E-state index contributed by atoms with van der Waals surface area (Å²) in [5.74, 6) is 0.920. The highest BCUT2D eigenvalue weighted by Crippen LogP contribution is 2.39. The molecule has 0 bridgehead atoms. The Balaban J connectivity index is 2.11. The average Bonchev–Trinajstić information content (AvgIpc) is 3.18. The number of methoxy groups -OCH3 is 2. The van der Waals surface area contributed by atoms with E-state index in [1.54, 1.807) is 79.9 Å². The largest absolute Gasteiger partial charge is 0.497 e. The van der Waals surface area contributed by atoms with Crippen LogP contribution in [0.3, 0.4) is 0 Å². The van der Waals surface area contributed by atoms with Gasteiger partial charge in [0.1, 0.15) is 11.5 Å². The van der Waals surface area contributed by atoms with E-state index in [9.17, 15) is 13.2 Å². The second-order valence-corrected chi connectivity index (χ2v) is 8.37. The highest BCUT2D eigenvalue weighted by atomic mass is 32.2. The molecule has 0 atom stereocenters. The van der Waals surface area contributed by atoms with Gasteiger partial charge in [0.05, 0.1) is 35.9 Å². The molecule has 0 aliphatic rings. The van der Waals surface area contributed by atoms with Crippen LogP contribution in [0.4, 0.5) is 0 Å². The van der Waals surface area contributed by atoms with Gasteiger partial charge in [-0.3, -0.25) is 4.79 Å². The molecule has 0 saturated carbocycles. The maximum absolute atomic E-state index is 13.6. The van der Waals surface area contributed by atoms with Crippen LogP contribution >= 0.6 is 0 Å². The number of ether oxygens (including phenoxy) is 2. The predicted molar refractivity (Wildman–Crippen MR) is 115 cm³/mol. The Morgan fingerprint density at radius 3 is 2.30 bits per heavy atom. The number of carbonyl (C=O) groups excluding carboxylic acids is 1. The quantitative estimate of drug-likeness (QED) is 0.432. The number of rotatable bonds is 6. The third-order valence-corrected chi connectivity index (χ3v) is 6.64. The minimum Gasteiger partial charge on any atom is -0.497 e. The Hall–Kier alpha value is -3.58. The van der Waals surface area contributed by atoms with Crippen molar-refractivity contribution < 1.29 is 22.7 Å². The van der Waals surface area contributed by atoms with Crippen LogP contribution in [0.1, 0.15) is 10.4 Å². The molecule has 1 heterocycles. The lowest BCUT2D eigenvalue weighted by Gasteiger charge is -2.15. The second-order valence-electron chi connectivity index (χ2n) is 6.58. The zero-order valence-corrected chi connectivity index (χ0v) is 17.2. The van der Waals surface area contributed by atoms with E-state index in [0.717, 1.165) is 0 Å². The van der Waals surface area contributed by atoms with Gasteiger partial charge in [0.15, 0.2) is 6.29 Å². The van der Waals surface area contributed by atoms with Gasteiger partial charge < -0.3 is 9.47 Å². The molecule has 152 valence electrons. The molecule has 0 spiro atoms. The first-order valence-electron chi connectivity index (χ1n) is 9.14. The molecule has 6 nitrogen and oxygen atoms in total. The Morgan fingerprint density at radius 1 is 0.867 bits per heavy atom. The van der Waals surface area contributed by atoms with Crippen LogP contribution in [-0.4, -0.2) is 32.9 Å². The van der Waals surface area contributed by atoms with Crippen molar-refractivity contribution in [1.29, 1.82) is 0 Å². The number of nitrogens with zero attached hydrogens (tertiary/aromatic N) is 1. The lowest BCUT2D eigenvalue weighted by molar-refractivity contribution is 0.112. The van der Waals surface area contributed by atoms with Crippen LogP contribution < -0.4 is 9.47 Å². The molecule has 0 aliphatic carbocycles. The summed E-state index contributed by atoms with van der Waals surface area (Å²) in [5, 5.41) is 0.683. The zero-order chi connectivity index (χ0) is 21.3. The molecule has 3 aromatic carbocycles. The molecule has 0 N–H and O–H groups in total. The van der Waals surface area contributed by atoms with Gasteiger partial charge in [0.2, 0.25) is 0 Å². The molecule has 4 rings (SSSR count). The fourth-order valence-corrected chi connectivity index (χ4v) is 5.06. The van der Waals surface area contributed by atoms with Gasteiger partial charge in [-0.05, 0) is 48.5 Å². The van der Waals surface area contributed by atoms with E-state index in [2.05, 4.69) is 0 Å². The number of hydrogen-bond donors (Lipinski definition) is 0. The normalized spacial score (nSPS) is 11.4. The summed E-state index contributed by atoms with van der Waals surface area (Å²) < 4.78 is 39.3. The number of fused-ring (bicyclic) bond motifs is 1. The van der Waals surface area contributed by atoms with Crippen LogP contribution in [0.25, 0.3) is 22.2 Å². The summed E-state index contributed by atoms with van der Waals surface area (Å²) in [6, 6.07) is 20.2. The van der Waals surface area contributed by atoms with Crippen molar-refractivity contribution >= 4 is 27.2 Å². The molecule has 4 aromatic rings. The van der Waals surface area contributed by atoms with Crippen molar-refractivity contribution in [3.63, 3.8) is 0 Å². The summed E-state index contributed by atoms with van der Waals surface area (Å²) in [5.41, 5.74) is 1.72. The number of aromatic nitrogens is 1. The van der Waals surface area contributed by atoms with E-state index in [4.69, 9.17) is 9.47 Å². The van der Waals surface area contributed by atoms with Crippen molar-refractivity contribution in [2.24, 2.45) is 0 Å². The number of aldehydes is 1. The summed E-state index contributed by atoms with van der Waals surface area (Å²) >= 11 is 0. The SMILES string of the molecule is COc1ccc2c(c1)cc(-c1cccc(C=O)c1OC)n2S(=O)(=O)c1ccccc1. The third-order valence-electron chi connectivity index (χ3n) is 4.90. The number of para-hydroxylation sites is 1. The van der Waals surface area contributed by atoms with Gasteiger partial charge in [0.25, 0.3) is 10.0 Å². The average molecular weight is 421 g/mol. The van der Waals surface area contributed by atoms with Crippen LogP contribution in [-0.2, 0) is 10.0 Å². The first-order valence-corrected chi connectivity index (χ1v) is 10.6. The maximum atomic E-state index is 13.6. The monoisotopic (exact) mass is 421 g/mol. The van der Waals surface area contributed by atoms with E-state index in [0.29, 0.717) is 45.5 Å². The Labute approximate surface area is 174 Å². The Bertz CT molecular complexity index is 1340. The molecule has 0 unspecified atom stereocenters. The van der Waals surface area contributed by atoms with E-state index in [-0.39, 0.29) is 4.90 Å². The second kappa shape index (κ2) is 7.68. The standard InChI is InChI=1S/C23H19NO5S/c1-28-18-11-12-21-17(13-18)14-22(20-10-6-7-16(15-25)23(20)29-2)24(21)30(26,27)19-8-4-3-5-9-19/h3-15H,1-2H3. The fraction of sp³-hybridized carbons (Fsp3) is 0.0870. The summed E-state index contributed by atoms with van der Waals surface area (Å²) in [4.78, 5) is 11.7. The van der Waals surface area contributed by atoms with Crippen molar-refractivity contribution in [3.8, 4) is 22.8 Å². The topological polar surface area (TPSA) is 74.6 Å². The van der Waals surface area contributed by atoms with Gasteiger partial charge >= 0.3 is 0 Å². The Kier molecular flexibility index (Phi) is 5.05. The lowest BCUT2D eigenvalue weighted by Crippen LogP contribution is -2.14. The first-order chi connectivity index (χ1) is 14.5. The molecule has 7 heteroatoms. The predicted octanol–water partition coefficient (Wildman–Crippen LogP) is 4.38. The molecule has 30 heavy (non-hydrogen) atoms. The Morgan fingerprint density at radius 2 is 1.63 bits per heavy atom. The zero-order valence-electron chi connectivity index (χ0n) is 16.4. The van der Waals surface area contributed by atoms with Crippen LogP contribution in [0.5, 0.6) is 11.5 Å². The lowest BCUT2D eigenvalue weighted by atomic mass is 10.1. The van der Waals surface area contributed by atoms with E-state index >= 15 is 0 Å². The molecule has 1 aromatic heterocycles. The smallest absolute Gasteiger partial charge is 0.268 e. The molecule has 0 radical (unpaired) electrons. The van der Waals surface area contributed by atoms with E-state index < -0.39 is 10.0 Å². The van der Waals surface area contributed by atoms with Crippen molar-refractivity contribution in [2.45, 2.75) is 4.90 Å². The minimum atomic E-state index is -3.93. The third kappa shape index (κ3) is 3.13. The first kappa shape index (κ1) is 19.7. The molecule has 0 aliphatic heterocycles. The van der Waals surface area contributed by atoms with Crippen molar-refractivity contribution in [1.82, 2.24) is 3.97 Å². The molecule has 0 fully saturated rings. The van der Waals surface area contributed by atoms with E-state index in [1.165, 1.54) is 11.1 Å². The maximum Gasteiger partial charge on any atom is 0.268 e. The van der Waals surface area contributed by atoms with E-state index in [1.807, 2.05) is 0 Å². The molecular formula is C23H19NO5S. The number of benzene rings is 3. The minimum absolute atomic E-state index is 0.157. The number of hydrogen-bond acceptors (Lipinski definition) is 5. The molecular weight excluding hydrogens is 402 g/mol. The van der Waals surface area contributed by atoms with Crippen molar-refractivity contribution in [3.05, 3.63) is 78.4 Å². The fourth-order valence-electron chi connectivity index (χ4n) is 3.52. The van der Waals surface area contributed by atoms with Gasteiger partial charge in [-0.25, -0.2) is 12.4 Å². The molecule has 0 saturated heterocycles. The van der Waals surface area contributed by atoms with Crippen LogP contribution in [0, 0.1) is 0 Å². The van der Waals surface area contributed by atoms with Crippen LogP contribution in [0.15, 0.2) is 77.7 Å². The number of carbonyl (C=O) groups is 1. The van der Waals surface area contributed by atoms with Gasteiger partial charge in [0, 0.05) is 10.9 Å². The van der Waals surface area contributed by atoms with Gasteiger partial charge in [-0.2, -0.15) is 0 Å². The van der Waals surface area contributed by atoms with Crippen LogP contribution in [0.2, 0.25) is 0 Å². The van der Waals surface area contributed by atoms with Crippen molar-refractivity contribution in [2.75, 3.05) is 14.2 Å². The summed E-state index contributed by atoms with van der Waals surface area (Å²) in [6.45, 7) is 0. The van der Waals surface area contributed by atoms with Gasteiger partial charge in [-0.15, -0.1) is 0 Å².